The Labute approximate surface area is 141 Å². The molecule has 23 heavy (non-hydrogen) atoms. The van der Waals surface area contributed by atoms with E-state index in [4.69, 9.17) is 0 Å². The van der Waals surface area contributed by atoms with Crippen molar-refractivity contribution in [2.24, 2.45) is 5.92 Å². The van der Waals surface area contributed by atoms with Gasteiger partial charge in [-0.15, -0.1) is 22.7 Å². The highest BCUT2D eigenvalue weighted by atomic mass is 32.1. The minimum Gasteiger partial charge on any atom is -0.349 e. The maximum absolute atomic E-state index is 12.2. The largest absolute Gasteiger partial charge is 0.349 e. The lowest BCUT2D eigenvalue weighted by Crippen LogP contribution is -2.25. The van der Waals surface area contributed by atoms with E-state index in [1.807, 2.05) is 17.5 Å². The molecule has 0 saturated heterocycles. The third-order valence-corrected chi connectivity index (χ3v) is 5.96. The van der Waals surface area contributed by atoms with Gasteiger partial charge in [0.05, 0.1) is 11.4 Å². The van der Waals surface area contributed by atoms with Gasteiger partial charge in [-0.2, -0.15) is 5.10 Å². The first-order valence-corrected chi connectivity index (χ1v) is 9.19. The molecule has 1 aliphatic carbocycles. The molecule has 4 rings (SSSR count). The second-order valence-corrected chi connectivity index (χ2v) is 7.97. The van der Waals surface area contributed by atoms with Gasteiger partial charge in [0.25, 0.3) is 0 Å². The quantitative estimate of drug-likeness (QED) is 0.746. The molecule has 1 aliphatic rings. The first-order chi connectivity index (χ1) is 11.2. The Morgan fingerprint density at radius 1 is 1.43 bits per heavy atom. The number of aromatic amines is 1. The Bertz CT molecular complexity index is 821. The molecule has 3 aromatic heterocycles. The zero-order valence-corrected chi connectivity index (χ0v) is 14.2. The Morgan fingerprint density at radius 2 is 2.35 bits per heavy atom. The van der Waals surface area contributed by atoms with E-state index in [1.54, 1.807) is 22.7 Å². The summed E-state index contributed by atoms with van der Waals surface area (Å²) in [5.41, 5.74) is 0. The van der Waals surface area contributed by atoms with Gasteiger partial charge in [0.15, 0.2) is 5.82 Å². The van der Waals surface area contributed by atoms with E-state index in [-0.39, 0.29) is 11.8 Å². The van der Waals surface area contributed by atoms with Crippen molar-refractivity contribution in [2.75, 3.05) is 0 Å². The van der Waals surface area contributed by atoms with Crippen LogP contribution >= 0.6 is 22.7 Å². The smallest absolute Gasteiger partial charge is 0.224 e. The Hall–Kier alpha value is -1.99. The molecular formula is C16H16N4OS2. The fourth-order valence-corrected chi connectivity index (χ4v) is 4.36. The van der Waals surface area contributed by atoms with Crippen molar-refractivity contribution in [3.63, 3.8) is 0 Å². The molecule has 0 unspecified atom stereocenters. The number of carbonyl (C=O) groups is 1. The van der Waals surface area contributed by atoms with Crippen LogP contribution in [0.25, 0.3) is 10.7 Å². The SMILES string of the molecule is Cc1ccc([C@H]2C[C@@H]2C(=O)NCc2nc(-c3cccs3)n[nH]2)s1. The maximum Gasteiger partial charge on any atom is 0.224 e. The van der Waals surface area contributed by atoms with Crippen LogP contribution in [0.4, 0.5) is 0 Å². The number of hydrogen-bond donors (Lipinski definition) is 2. The van der Waals surface area contributed by atoms with Gasteiger partial charge in [-0.1, -0.05) is 6.07 Å². The summed E-state index contributed by atoms with van der Waals surface area (Å²) in [5.74, 6) is 1.97. The first-order valence-electron chi connectivity index (χ1n) is 7.50. The van der Waals surface area contributed by atoms with Gasteiger partial charge in [-0.25, -0.2) is 4.98 Å². The minimum absolute atomic E-state index is 0.104. The zero-order chi connectivity index (χ0) is 15.8. The van der Waals surface area contributed by atoms with Crippen molar-refractivity contribution in [2.45, 2.75) is 25.8 Å². The number of hydrogen-bond acceptors (Lipinski definition) is 5. The predicted molar refractivity (Wildman–Crippen MR) is 91.4 cm³/mol. The van der Waals surface area contributed by atoms with Crippen LogP contribution in [-0.2, 0) is 11.3 Å². The van der Waals surface area contributed by atoms with Gasteiger partial charge in [0.1, 0.15) is 5.82 Å². The molecule has 7 heteroatoms. The van der Waals surface area contributed by atoms with Crippen molar-refractivity contribution < 1.29 is 4.79 Å². The summed E-state index contributed by atoms with van der Waals surface area (Å²) in [6.45, 7) is 2.49. The normalized spacial score (nSPS) is 19.7. The molecule has 5 nitrogen and oxygen atoms in total. The number of rotatable bonds is 5. The van der Waals surface area contributed by atoms with E-state index in [0.29, 0.717) is 24.1 Å². The summed E-state index contributed by atoms with van der Waals surface area (Å²) in [6, 6.07) is 8.21. The van der Waals surface area contributed by atoms with Crippen molar-refractivity contribution in [1.29, 1.82) is 0 Å². The van der Waals surface area contributed by atoms with E-state index in [0.717, 1.165) is 11.3 Å². The number of nitrogens with zero attached hydrogens (tertiary/aromatic N) is 2. The molecule has 3 aromatic rings. The molecule has 0 spiro atoms. The van der Waals surface area contributed by atoms with Gasteiger partial charge in [0, 0.05) is 21.6 Å². The number of carbonyl (C=O) groups excluding carboxylic acids is 1. The molecule has 1 amide bonds. The van der Waals surface area contributed by atoms with Gasteiger partial charge in [0.2, 0.25) is 5.91 Å². The summed E-state index contributed by atoms with van der Waals surface area (Å²) in [6.07, 6.45) is 0.947. The molecular weight excluding hydrogens is 328 g/mol. The minimum atomic E-state index is 0.104. The van der Waals surface area contributed by atoms with Gasteiger partial charge in [-0.3, -0.25) is 9.89 Å². The van der Waals surface area contributed by atoms with Crippen LogP contribution in [0.5, 0.6) is 0 Å². The zero-order valence-electron chi connectivity index (χ0n) is 12.6. The lowest BCUT2D eigenvalue weighted by atomic mass is 10.2. The molecule has 3 heterocycles. The number of aromatic nitrogens is 3. The Morgan fingerprint density at radius 3 is 3.09 bits per heavy atom. The number of amides is 1. The second kappa shape index (κ2) is 5.90. The maximum atomic E-state index is 12.2. The summed E-state index contributed by atoms with van der Waals surface area (Å²) >= 11 is 3.39. The Balaban J connectivity index is 1.32. The van der Waals surface area contributed by atoms with E-state index < -0.39 is 0 Å². The summed E-state index contributed by atoms with van der Waals surface area (Å²) < 4.78 is 0. The van der Waals surface area contributed by atoms with Gasteiger partial charge in [-0.05, 0) is 36.9 Å². The second-order valence-electron chi connectivity index (χ2n) is 5.70. The molecule has 2 N–H and O–H groups in total. The summed E-state index contributed by atoms with van der Waals surface area (Å²) in [4.78, 5) is 20.3. The summed E-state index contributed by atoms with van der Waals surface area (Å²) in [5, 5.41) is 12.0. The van der Waals surface area contributed by atoms with Crippen molar-refractivity contribution >= 4 is 28.6 Å². The predicted octanol–water partition coefficient (Wildman–Crippen LogP) is 3.32. The molecule has 118 valence electrons. The van der Waals surface area contributed by atoms with Crippen LogP contribution < -0.4 is 5.32 Å². The highest BCUT2D eigenvalue weighted by Gasteiger charge is 2.44. The summed E-state index contributed by atoms with van der Waals surface area (Å²) in [7, 11) is 0. The monoisotopic (exact) mass is 344 g/mol. The van der Waals surface area contributed by atoms with E-state index in [2.05, 4.69) is 39.6 Å². The molecule has 0 bridgehead atoms. The highest BCUT2D eigenvalue weighted by Crippen LogP contribution is 2.49. The average molecular weight is 344 g/mol. The van der Waals surface area contributed by atoms with E-state index in [1.165, 1.54) is 9.75 Å². The molecule has 0 aromatic carbocycles. The fourth-order valence-electron chi connectivity index (χ4n) is 2.64. The first kappa shape index (κ1) is 14.6. The fraction of sp³-hybridized carbons (Fsp3) is 0.312. The van der Waals surface area contributed by atoms with Gasteiger partial charge < -0.3 is 5.32 Å². The molecule has 1 saturated carbocycles. The van der Waals surface area contributed by atoms with E-state index >= 15 is 0 Å². The van der Waals surface area contributed by atoms with Crippen molar-refractivity contribution in [3.05, 3.63) is 45.2 Å². The van der Waals surface area contributed by atoms with Crippen LogP contribution in [0.15, 0.2) is 29.6 Å². The lowest BCUT2D eigenvalue weighted by molar-refractivity contribution is -0.122. The third-order valence-electron chi connectivity index (χ3n) is 3.96. The molecule has 0 aliphatic heterocycles. The van der Waals surface area contributed by atoms with Crippen LogP contribution in [-0.4, -0.2) is 21.1 Å². The van der Waals surface area contributed by atoms with Crippen LogP contribution in [0.2, 0.25) is 0 Å². The lowest BCUT2D eigenvalue weighted by Gasteiger charge is -2.01. The number of H-pyrrole nitrogens is 1. The van der Waals surface area contributed by atoms with E-state index in [9.17, 15) is 4.79 Å². The standard InChI is InChI=1S/C16H16N4OS2/c1-9-4-5-12(23-9)10-7-11(10)16(21)17-8-14-18-15(20-19-14)13-3-2-6-22-13/h2-6,10-11H,7-8H2,1H3,(H,17,21)(H,18,19,20)/t10-,11-/m0/s1. The van der Waals surface area contributed by atoms with Gasteiger partial charge >= 0.3 is 0 Å². The molecule has 0 radical (unpaired) electrons. The molecule has 2 atom stereocenters. The van der Waals surface area contributed by atoms with Crippen LogP contribution in [0.1, 0.15) is 27.9 Å². The number of nitrogens with one attached hydrogen (secondary N) is 2. The average Bonchev–Trinajstić information content (AvgIpc) is 2.95. The number of aryl methyl sites for hydroxylation is 1. The van der Waals surface area contributed by atoms with Crippen molar-refractivity contribution in [1.82, 2.24) is 20.5 Å². The topological polar surface area (TPSA) is 70.7 Å². The number of thiophene rings is 2. The molecule has 1 fully saturated rings. The van der Waals surface area contributed by atoms with Crippen LogP contribution in [0.3, 0.4) is 0 Å². The van der Waals surface area contributed by atoms with Crippen LogP contribution in [0, 0.1) is 12.8 Å². The third kappa shape index (κ3) is 3.07. The van der Waals surface area contributed by atoms with Crippen molar-refractivity contribution in [3.8, 4) is 10.7 Å². The highest BCUT2D eigenvalue weighted by molar-refractivity contribution is 7.13. The Kier molecular flexibility index (Phi) is 3.74.